The lowest BCUT2D eigenvalue weighted by molar-refractivity contribution is 0.0531. The number of hydrogen-bond donors (Lipinski definition) is 1. The van der Waals surface area contributed by atoms with E-state index < -0.39 is 0 Å². The molecule has 7 heteroatoms. The number of nitrogens with zero attached hydrogens (tertiary/aromatic N) is 3. The van der Waals surface area contributed by atoms with E-state index in [0.717, 1.165) is 47.7 Å². The first-order valence-electron chi connectivity index (χ1n) is 8.04. The van der Waals surface area contributed by atoms with Crippen molar-refractivity contribution >= 4 is 33.3 Å². The lowest BCUT2D eigenvalue weighted by Crippen LogP contribution is -2.26. The number of carbonyl (C=O) groups is 1. The predicted molar refractivity (Wildman–Crippen MR) is 92.3 cm³/mol. The van der Waals surface area contributed by atoms with E-state index >= 15 is 0 Å². The summed E-state index contributed by atoms with van der Waals surface area (Å²) >= 11 is 1.37. The van der Waals surface area contributed by atoms with Gasteiger partial charge in [0.1, 0.15) is 21.9 Å². The Labute approximate surface area is 139 Å². The topological polar surface area (TPSA) is 67.3 Å². The molecule has 1 unspecified atom stereocenters. The first-order chi connectivity index (χ1) is 11.1. The number of rotatable bonds is 5. The minimum Gasteiger partial charge on any atom is -0.462 e. The molecule has 0 aliphatic carbocycles. The number of likely N-dealkylation sites (tertiary alicyclic amines) is 1. The number of fused-ring (bicyclic) bond motifs is 1. The van der Waals surface area contributed by atoms with Crippen LogP contribution in [0.5, 0.6) is 0 Å². The fraction of sp³-hybridized carbons (Fsp3) is 0.562. The van der Waals surface area contributed by atoms with Crippen LogP contribution < -0.4 is 5.32 Å². The van der Waals surface area contributed by atoms with E-state index in [9.17, 15) is 4.79 Å². The number of carbonyl (C=O) groups excluding carboxylic acids is 1. The number of aromatic nitrogens is 2. The van der Waals surface area contributed by atoms with Crippen molar-refractivity contribution in [3.8, 4) is 0 Å². The standard InChI is InChI=1S/C16H22N4O2S/c1-4-20-7-6-11(8-20)19-14-12-10(3)13(16(21)22-5-2)23-15(12)18-9-17-14/h9,11H,4-8H2,1-3H3,(H,17,18,19). The van der Waals surface area contributed by atoms with Gasteiger partial charge in [-0.05, 0) is 32.4 Å². The maximum Gasteiger partial charge on any atom is 0.348 e. The molecule has 1 saturated heterocycles. The van der Waals surface area contributed by atoms with Crippen LogP contribution in [0.4, 0.5) is 5.82 Å². The number of aryl methyl sites for hydroxylation is 1. The zero-order valence-corrected chi connectivity index (χ0v) is 14.6. The van der Waals surface area contributed by atoms with Crippen LogP contribution in [0.1, 0.15) is 35.5 Å². The fourth-order valence-electron chi connectivity index (χ4n) is 3.00. The number of anilines is 1. The Kier molecular flexibility index (Phi) is 4.77. The normalized spacial score (nSPS) is 18.5. The van der Waals surface area contributed by atoms with E-state index in [0.29, 0.717) is 17.5 Å². The molecule has 0 spiro atoms. The van der Waals surface area contributed by atoms with Gasteiger partial charge in [0.25, 0.3) is 0 Å². The number of nitrogens with one attached hydrogen (secondary N) is 1. The molecule has 23 heavy (non-hydrogen) atoms. The molecule has 3 heterocycles. The number of thiophene rings is 1. The smallest absolute Gasteiger partial charge is 0.348 e. The Balaban J connectivity index is 1.90. The van der Waals surface area contributed by atoms with Gasteiger partial charge in [0, 0.05) is 19.1 Å². The van der Waals surface area contributed by atoms with Crippen LogP contribution in [0.15, 0.2) is 6.33 Å². The fourth-order valence-corrected chi connectivity index (χ4v) is 4.05. The quantitative estimate of drug-likeness (QED) is 0.848. The van der Waals surface area contributed by atoms with Gasteiger partial charge in [0.05, 0.1) is 12.0 Å². The zero-order chi connectivity index (χ0) is 16.4. The summed E-state index contributed by atoms with van der Waals surface area (Å²) in [6.07, 6.45) is 2.66. The van der Waals surface area contributed by atoms with Gasteiger partial charge in [0.2, 0.25) is 0 Å². The molecule has 1 N–H and O–H groups in total. The lowest BCUT2D eigenvalue weighted by Gasteiger charge is -2.15. The average molecular weight is 334 g/mol. The summed E-state index contributed by atoms with van der Waals surface area (Å²) in [5, 5.41) is 4.48. The van der Waals surface area contributed by atoms with Gasteiger partial charge < -0.3 is 15.0 Å². The molecule has 2 aromatic heterocycles. The summed E-state index contributed by atoms with van der Waals surface area (Å²) in [7, 11) is 0. The van der Waals surface area contributed by atoms with Gasteiger partial charge in [-0.15, -0.1) is 11.3 Å². The molecule has 0 radical (unpaired) electrons. The van der Waals surface area contributed by atoms with E-state index in [1.807, 2.05) is 13.8 Å². The molecule has 6 nitrogen and oxygen atoms in total. The Morgan fingerprint density at radius 2 is 2.30 bits per heavy atom. The van der Waals surface area contributed by atoms with Crippen molar-refractivity contribution in [2.75, 3.05) is 31.6 Å². The van der Waals surface area contributed by atoms with Crippen LogP contribution in [-0.4, -0.2) is 53.1 Å². The summed E-state index contributed by atoms with van der Waals surface area (Å²) in [4.78, 5) is 24.7. The lowest BCUT2D eigenvalue weighted by atomic mass is 10.2. The van der Waals surface area contributed by atoms with E-state index in [4.69, 9.17) is 4.74 Å². The monoisotopic (exact) mass is 334 g/mol. The molecule has 1 aliphatic rings. The first-order valence-corrected chi connectivity index (χ1v) is 8.85. The molecule has 0 aromatic carbocycles. The van der Waals surface area contributed by atoms with E-state index in [1.54, 1.807) is 6.33 Å². The maximum atomic E-state index is 12.1. The Hall–Kier alpha value is -1.73. The zero-order valence-electron chi connectivity index (χ0n) is 13.8. The molecule has 3 rings (SSSR count). The molecule has 1 fully saturated rings. The number of hydrogen-bond acceptors (Lipinski definition) is 7. The van der Waals surface area contributed by atoms with E-state index in [2.05, 4.69) is 27.1 Å². The Bertz CT molecular complexity index is 715. The van der Waals surface area contributed by atoms with Crippen molar-refractivity contribution in [3.05, 3.63) is 16.8 Å². The maximum absolute atomic E-state index is 12.1. The largest absolute Gasteiger partial charge is 0.462 e. The van der Waals surface area contributed by atoms with Gasteiger partial charge in [-0.25, -0.2) is 14.8 Å². The Morgan fingerprint density at radius 1 is 1.48 bits per heavy atom. The van der Waals surface area contributed by atoms with Crippen LogP contribution in [0, 0.1) is 6.92 Å². The molecule has 1 aliphatic heterocycles. The number of ether oxygens (including phenoxy) is 1. The van der Waals surface area contributed by atoms with Gasteiger partial charge in [-0.1, -0.05) is 6.92 Å². The van der Waals surface area contributed by atoms with Crippen molar-refractivity contribution in [2.45, 2.75) is 33.2 Å². The minimum atomic E-state index is -0.281. The molecule has 0 saturated carbocycles. The van der Waals surface area contributed by atoms with E-state index in [-0.39, 0.29) is 5.97 Å². The summed E-state index contributed by atoms with van der Waals surface area (Å²) in [5.74, 6) is 0.541. The van der Waals surface area contributed by atoms with Crippen LogP contribution in [0.2, 0.25) is 0 Å². The second-order valence-corrected chi connectivity index (χ2v) is 6.70. The van der Waals surface area contributed by atoms with Crippen molar-refractivity contribution in [2.24, 2.45) is 0 Å². The average Bonchev–Trinajstić information content (AvgIpc) is 3.13. The highest BCUT2D eigenvalue weighted by Crippen LogP contribution is 2.34. The summed E-state index contributed by atoms with van der Waals surface area (Å²) < 4.78 is 5.14. The van der Waals surface area contributed by atoms with Gasteiger partial charge >= 0.3 is 5.97 Å². The van der Waals surface area contributed by atoms with Crippen LogP contribution in [0.3, 0.4) is 0 Å². The highest BCUT2D eigenvalue weighted by molar-refractivity contribution is 7.20. The predicted octanol–water partition coefficient (Wildman–Crippen LogP) is 2.68. The van der Waals surface area contributed by atoms with Crippen molar-refractivity contribution < 1.29 is 9.53 Å². The first kappa shape index (κ1) is 16.1. The van der Waals surface area contributed by atoms with Crippen molar-refractivity contribution in [1.82, 2.24) is 14.9 Å². The molecule has 0 amide bonds. The van der Waals surface area contributed by atoms with E-state index in [1.165, 1.54) is 11.3 Å². The second-order valence-electron chi connectivity index (χ2n) is 5.70. The number of esters is 1. The van der Waals surface area contributed by atoms with Crippen molar-refractivity contribution in [3.63, 3.8) is 0 Å². The second kappa shape index (κ2) is 6.80. The third-order valence-corrected chi connectivity index (χ3v) is 5.43. The van der Waals surface area contributed by atoms with Gasteiger partial charge in [-0.2, -0.15) is 0 Å². The van der Waals surface area contributed by atoms with Crippen LogP contribution >= 0.6 is 11.3 Å². The highest BCUT2D eigenvalue weighted by Gasteiger charge is 2.24. The molecular weight excluding hydrogens is 312 g/mol. The Morgan fingerprint density at radius 3 is 3.00 bits per heavy atom. The van der Waals surface area contributed by atoms with Crippen LogP contribution in [0.25, 0.3) is 10.2 Å². The third-order valence-electron chi connectivity index (χ3n) is 4.25. The highest BCUT2D eigenvalue weighted by atomic mass is 32.1. The molecule has 2 aromatic rings. The minimum absolute atomic E-state index is 0.281. The molecule has 1 atom stereocenters. The summed E-state index contributed by atoms with van der Waals surface area (Å²) in [5.41, 5.74) is 0.900. The molecule has 124 valence electrons. The molecular formula is C16H22N4O2S. The van der Waals surface area contributed by atoms with Gasteiger partial charge in [-0.3, -0.25) is 0 Å². The van der Waals surface area contributed by atoms with Crippen LogP contribution in [-0.2, 0) is 4.74 Å². The number of likely N-dealkylation sites (N-methyl/N-ethyl adjacent to an activating group) is 1. The summed E-state index contributed by atoms with van der Waals surface area (Å²) in [6, 6.07) is 0.387. The molecule has 0 bridgehead atoms. The van der Waals surface area contributed by atoms with Crippen molar-refractivity contribution in [1.29, 1.82) is 0 Å². The van der Waals surface area contributed by atoms with Gasteiger partial charge in [0.15, 0.2) is 0 Å². The summed E-state index contributed by atoms with van der Waals surface area (Å²) in [6.45, 7) is 9.51. The third kappa shape index (κ3) is 3.16. The SMILES string of the molecule is CCOC(=O)c1sc2ncnc(NC3CCN(CC)C3)c2c1C.